The smallest absolute Gasteiger partial charge is 0.272 e. The van der Waals surface area contributed by atoms with E-state index in [9.17, 15) is 54.2 Å². The molecule has 4 aromatic carbocycles. The molecule has 6 heterocycles. The van der Waals surface area contributed by atoms with Gasteiger partial charge in [0.25, 0.3) is 23.7 Å². The quantitative estimate of drug-likeness (QED) is 0.133. The van der Waals surface area contributed by atoms with Crippen molar-refractivity contribution >= 4 is 66.4 Å². The van der Waals surface area contributed by atoms with Crippen LogP contribution in [0.15, 0.2) is 72.8 Å². The molecule has 4 aliphatic carbocycles. The minimum Gasteiger partial charge on any atom is -0.490 e. The van der Waals surface area contributed by atoms with Gasteiger partial charge in [0.15, 0.2) is 0 Å². The lowest BCUT2D eigenvalue weighted by molar-refractivity contribution is -0.146. The Bertz CT molecular complexity index is 3650. The van der Waals surface area contributed by atoms with Crippen LogP contribution in [0.2, 0.25) is 10.0 Å². The van der Waals surface area contributed by atoms with E-state index in [-0.39, 0.29) is 83.6 Å². The van der Waals surface area contributed by atoms with Crippen molar-refractivity contribution in [3.63, 3.8) is 0 Å². The molecule has 0 unspecified atom stereocenters. The van der Waals surface area contributed by atoms with Gasteiger partial charge in [0.1, 0.15) is 11.5 Å². The molecular weight excluding hydrogens is 1340 g/mol. The molecule has 24 heteroatoms. The highest BCUT2D eigenvalue weighted by Crippen LogP contribution is 2.53. The minimum atomic E-state index is -4.00. The van der Waals surface area contributed by atoms with Gasteiger partial charge < -0.3 is 29.5 Å². The predicted molar refractivity (Wildman–Crippen MR) is 372 cm³/mol. The monoisotopic (exact) mass is 1440 g/mol. The highest BCUT2D eigenvalue weighted by atomic mass is 35.5. The number of fused-ring (bicyclic) bond motifs is 8. The Kier molecular flexibility index (Phi) is 19.9. The number of alkyl halides is 4. The topological polar surface area (TPSA) is 198 Å². The number of ether oxygens (including phenoxy) is 2. The summed E-state index contributed by atoms with van der Waals surface area (Å²) < 4.78 is 126. The van der Waals surface area contributed by atoms with Gasteiger partial charge >= 0.3 is 0 Å². The first-order chi connectivity index (χ1) is 46.3. The number of aliphatic hydroxyl groups is 2. The molecule has 536 valence electrons. The molecule has 12 atom stereocenters. The molecule has 6 aliphatic heterocycles. The summed E-state index contributed by atoms with van der Waals surface area (Å²) in [6.45, 7) is 9.98. The third-order valence-corrected chi connectivity index (χ3v) is 29.2. The molecule has 98 heavy (non-hydrogen) atoms. The van der Waals surface area contributed by atoms with Crippen LogP contribution in [-0.4, -0.2) is 161 Å². The van der Waals surface area contributed by atoms with Crippen molar-refractivity contribution in [3.8, 4) is 11.5 Å². The molecule has 4 fully saturated rings. The summed E-state index contributed by atoms with van der Waals surface area (Å²) >= 11 is 12.9. The molecular formula is C74H96Cl2F4N6O10S2. The van der Waals surface area contributed by atoms with Crippen molar-refractivity contribution in [2.75, 3.05) is 88.5 Å². The summed E-state index contributed by atoms with van der Waals surface area (Å²) in [5.41, 5.74) is 3.97. The van der Waals surface area contributed by atoms with Crippen LogP contribution in [0.3, 0.4) is 0 Å². The zero-order valence-corrected chi connectivity index (χ0v) is 59.9. The molecule has 4 aromatic rings. The molecule has 4 N–H and O–H groups in total. The number of benzene rings is 4. The summed E-state index contributed by atoms with van der Waals surface area (Å²) in [4.78, 5) is 35.0. The molecule has 10 aliphatic rings. The first-order valence-corrected chi connectivity index (χ1v) is 39.6. The Balaban J connectivity index is 0.000000176. The van der Waals surface area contributed by atoms with E-state index in [1.165, 1.54) is 22.3 Å². The van der Waals surface area contributed by atoms with E-state index in [0.717, 1.165) is 75.6 Å². The zero-order chi connectivity index (χ0) is 69.5. The molecule has 14 rings (SSSR count). The highest BCUT2D eigenvalue weighted by Gasteiger charge is 2.53. The lowest BCUT2D eigenvalue weighted by atomic mass is 9.61. The molecule has 0 aromatic heterocycles. The standard InChI is InChI=1S/2C37H48ClF2N3O5S/c2*1-24-5-3-14-36(45,15-16-42-21-37(39,40)22-42)31-10-7-28(31)19-43-20-35(13-4-6-26-17-29(38)9-11-30(26)35)23-48-33-12-8-27(18-32(33)43)34(44)41-49(46,47)25(24)2/h2*8-9,11-12,17-18,24-25,28,31,45H,3-7,10,13-16,19-23H2,1-2H3,(H,41,44)/t24-,25+,28-,31+,35-,36+;24-,25+,28-,31+,35-,36-/m00/s1. The summed E-state index contributed by atoms with van der Waals surface area (Å²) in [7, 11) is -8.00. The van der Waals surface area contributed by atoms with Crippen LogP contribution < -0.4 is 28.7 Å². The van der Waals surface area contributed by atoms with Crippen LogP contribution >= 0.6 is 23.2 Å². The van der Waals surface area contributed by atoms with Crippen molar-refractivity contribution < 1.29 is 63.7 Å². The number of nitrogens with one attached hydrogen (secondary N) is 2. The van der Waals surface area contributed by atoms with Gasteiger partial charge in [-0.05, 0) is 235 Å². The van der Waals surface area contributed by atoms with Crippen LogP contribution in [0.1, 0.15) is 173 Å². The molecule has 16 nitrogen and oxygen atoms in total. The van der Waals surface area contributed by atoms with Crippen LogP contribution in [0.5, 0.6) is 11.5 Å². The van der Waals surface area contributed by atoms with Gasteiger partial charge in [-0.3, -0.25) is 19.4 Å². The Morgan fingerprint density at radius 3 is 1.29 bits per heavy atom. The van der Waals surface area contributed by atoms with E-state index < -0.39 is 65.4 Å². The lowest BCUT2D eigenvalue weighted by Gasteiger charge is -2.51. The lowest BCUT2D eigenvalue weighted by Crippen LogP contribution is -2.58. The van der Waals surface area contributed by atoms with E-state index >= 15 is 0 Å². The van der Waals surface area contributed by atoms with Gasteiger partial charge in [0.05, 0.1) is 72.5 Å². The van der Waals surface area contributed by atoms with E-state index in [2.05, 4.69) is 31.4 Å². The molecule has 4 bridgehead atoms. The number of likely N-dealkylation sites (tertiary alicyclic amines) is 2. The maximum atomic E-state index is 13.7. The van der Waals surface area contributed by atoms with Gasteiger partial charge in [0.2, 0.25) is 20.0 Å². The number of carbonyl (C=O) groups excluding carboxylic acids is 2. The highest BCUT2D eigenvalue weighted by molar-refractivity contribution is 7.91. The minimum absolute atomic E-state index is 0.0360. The van der Waals surface area contributed by atoms with Crippen LogP contribution in [0.4, 0.5) is 28.9 Å². The maximum absolute atomic E-state index is 13.7. The second kappa shape index (κ2) is 27.4. The fourth-order valence-corrected chi connectivity index (χ4v) is 21.4. The van der Waals surface area contributed by atoms with Crippen molar-refractivity contribution in [1.29, 1.82) is 0 Å². The second-order valence-corrected chi connectivity index (χ2v) is 36.4. The van der Waals surface area contributed by atoms with Crippen molar-refractivity contribution in [1.82, 2.24) is 19.2 Å². The molecule has 2 saturated heterocycles. The number of hydrogen-bond acceptors (Lipinski definition) is 14. The summed E-state index contributed by atoms with van der Waals surface area (Å²) in [6.07, 6.45) is 13.1. The van der Waals surface area contributed by atoms with Gasteiger partial charge in [-0.25, -0.2) is 43.8 Å². The predicted octanol–water partition coefficient (Wildman–Crippen LogP) is 12.4. The average molecular weight is 1440 g/mol. The third-order valence-electron chi connectivity index (χ3n) is 24.9. The van der Waals surface area contributed by atoms with Crippen molar-refractivity contribution in [3.05, 3.63) is 116 Å². The fourth-order valence-electron chi connectivity index (χ4n) is 18.4. The van der Waals surface area contributed by atoms with E-state index in [0.29, 0.717) is 125 Å². The molecule has 2 amide bonds. The van der Waals surface area contributed by atoms with Crippen LogP contribution in [-0.2, 0) is 43.7 Å². The molecule has 2 spiro atoms. The average Bonchev–Trinajstić information content (AvgIpc) is 0.930. The summed E-state index contributed by atoms with van der Waals surface area (Å²) in [5.74, 6) is -5.75. The number of hydrogen-bond donors (Lipinski definition) is 4. The SMILES string of the molecule is C[C@@H]1[C@@H](C)CCC[C@@](O)(CCN2CC(F)(F)C2)[C@@H]2CC[C@H]2CN2C[C@@]3(CCCc4cc(Cl)ccc43)COc3ccc(cc32)C(=O)NS1(=O)=O.C[C@@H]1[C@@H](C)CCC[C@](O)(CCN2CC(F)(F)C2)[C@@H]2CC[C@H]2CN2C[C@@]3(CCCc4cc(Cl)ccc43)COc3ccc(cc32)C(=O)NS1(=O)=O. The number of aryl methyl sites for hydroxylation is 2. The first kappa shape index (κ1) is 71.5. The fraction of sp³-hybridized carbons (Fsp3) is 0.649. The van der Waals surface area contributed by atoms with Gasteiger partial charge in [-0.2, -0.15) is 0 Å². The summed E-state index contributed by atoms with van der Waals surface area (Å²) in [6, 6.07) is 22.4. The summed E-state index contributed by atoms with van der Waals surface area (Å²) in [5, 5.41) is 24.6. The van der Waals surface area contributed by atoms with E-state index in [1.54, 1.807) is 60.0 Å². The van der Waals surface area contributed by atoms with E-state index in [4.69, 9.17) is 32.7 Å². The number of carbonyl (C=O) groups is 2. The number of nitrogens with zero attached hydrogens (tertiary/aromatic N) is 4. The van der Waals surface area contributed by atoms with E-state index in [1.807, 2.05) is 38.1 Å². The van der Waals surface area contributed by atoms with Crippen LogP contribution in [0.25, 0.3) is 0 Å². The Labute approximate surface area is 585 Å². The number of halogens is 6. The number of sulfonamides is 2. The number of rotatable bonds is 6. The first-order valence-electron chi connectivity index (χ1n) is 35.7. The number of amides is 2. The maximum Gasteiger partial charge on any atom is 0.272 e. The number of anilines is 2. The Morgan fingerprint density at radius 1 is 0.520 bits per heavy atom. The zero-order valence-electron chi connectivity index (χ0n) is 56.8. The molecule has 0 radical (unpaired) electrons. The largest absolute Gasteiger partial charge is 0.490 e. The van der Waals surface area contributed by atoms with Gasteiger partial charge in [-0.1, -0.05) is 62.0 Å². The van der Waals surface area contributed by atoms with Crippen LogP contribution in [0, 0.1) is 35.5 Å². The molecule has 2 saturated carbocycles. The van der Waals surface area contributed by atoms with Crippen molar-refractivity contribution in [2.24, 2.45) is 35.5 Å². The van der Waals surface area contributed by atoms with Gasteiger partial charge in [0, 0.05) is 71.3 Å². The van der Waals surface area contributed by atoms with Crippen molar-refractivity contribution in [2.45, 2.75) is 188 Å². The Morgan fingerprint density at radius 2 is 0.918 bits per heavy atom. The Hall–Kier alpha value is -4.94. The third kappa shape index (κ3) is 14.6. The normalized spacial score (nSPS) is 34.3. The second-order valence-electron chi connectivity index (χ2n) is 31.4. The van der Waals surface area contributed by atoms with Gasteiger partial charge in [-0.15, -0.1) is 0 Å².